The highest BCUT2D eigenvalue weighted by atomic mass is 15.2. The number of fused-ring (bicyclic) bond motifs is 1. The predicted molar refractivity (Wildman–Crippen MR) is 53.6 cm³/mol. The van der Waals surface area contributed by atoms with Gasteiger partial charge in [-0.3, -0.25) is 0 Å². The van der Waals surface area contributed by atoms with Crippen LogP contribution in [0.4, 0.5) is 0 Å². The molecule has 0 spiro atoms. The van der Waals surface area contributed by atoms with E-state index >= 15 is 0 Å². The van der Waals surface area contributed by atoms with Gasteiger partial charge in [-0.15, -0.1) is 0 Å². The maximum Gasteiger partial charge on any atom is 0.00258 e. The van der Waals surface area contributed by atoms with Crippen LogP contribution in [0.15, 0.2) is 0 Å². The summed E-state index contributed by atoms with van der Waals surface area (Å²) in [6.07, 6.45) is 3.01. The highest BCUT2D eigenvalue weighted by molar-refractivity contribution is 4.93. The van der Waals surface area contributed by atoms with Gasteiger partial charge in [0.25, 0.3) is 0 Å². The molecule has 3 fully saturated rings. The van der Waals surface area contributed by atoms with Crippen LogP contribution in [-0.4, -0.2) is 49.6 Å². The van der Waals surface area contributed by atoms with Crippen molar-refractivity contribution in [3.63, 3.8) is 0 Å². The zero-order chi connectivity index (χ0) is 8.84. The molecule has 0 amide bonds. The van der Waals surface area contributed by atoms with Gasteiger partial charge in [0.15, 0.2) is 0 Å². The third-order valence-corrected chi connectivity index (χ3v) is 3.96. The summed E-state index contributed by atoms with van der Waals surface area (Å²) in [5.41, 5.74) is 0. The average Bonchev–Trinajstić information content (AvgIpc) is 2.68. The monoisotopic (exact) mass is 180 g/mol. The van der Waals surface area contributed by atoms with E-state index < -0.39 is 0 Å². The summed E-state index contributed by atoms with van der Waals surface area (Å²) in [6, 6.07) is 0. The Morgan fingerprint density at radius 3 is 2.15 bits per heavy atom. The topological polar surface area (TPSA) is 6.48 Å². The van der Waals surface area contributed by atoms with Gasteiger partial charge in [-0.2, -0.15) is 0 Å². The Kier molecular flexibility index (Phi) is 1.88. The quantitative estimate of drug-likeness (QED) is 0.623. The molecule has 2 atom stereocenters. The van der Waals surface area contributed by atoms with Crippen LogP contribution in [0, 0.1) is 17.8 Å². The minimum Gasteiger partial charge on any atom is -0.306 e. The lowest BCUT2D eigenvalue weighted by Gasteiger charge is -2.18. The molecule has 0 bridgehead atoms. The Labute approximate surface area is 80.9 Å². The first-order valence-corrected chi connectivity index (χ1v) is 5.72. The molecule has 0 aromatic heterocycles. The van der Waals surface area contributed by atoms with E-state index in [2.05, 4.69) is 16.8 Å². The first-order chi connectivity index (χ1) is 6.31. The molecule has 0 N–H and O–H groups in total. The van der Waals surface area contributed by atoms with Crippen LogP contribution < -0.4 is 0 Å². The van der Waals surface area contributed by atoms with Crippen LogP contribution in [-0.2, 0) is 0 Å². The Hall–Kier alpha value is -0.0800. The maximum atomic E-state index is 2.72. The van der Waals surface area contributed by atoms with E-state index in [1.807, 2.05) is 0 Å². The van der Waals surface area contributed by atoms with E-state index in [1.165, 1.54) is 45.6 Å². The van der Waals surface area contributed by atoms with Crippen molar-refractivity contribution in [2.24, 2.45) is 17.8 Å². The number of likely N-dealkylation sites (tertiary alicyclic amines) is 2. The molecule has 1 saturated carbocycles. The molecule has 0 aromatic rings. The van der Waals surface area contributed by atoms with Crippen molar-refractivity contribution in [2.75, 3.05) is 39.8 Å². The molecule has 2 heterocycles. The van der Waals surface area contributed by atoms with E-state index in [0.717, 1.165) is 17.8 Å². The van der Waals surface area contributed by atoms with Crippen molar-refractivity contribution in [2.45, 2.75) is 12.8 Å². The van der Waals surface area contributed by atoms with Gasteiger partial charge in [-0.25, -0.2) is 0 Å². The molecule has 13 heavy (non-hydrogen) atoms. The fraction of sp³-hybridized carbons (Fsp3) is 1.00. The minimum atomic E-state index is 1.00. The number of nitrogens with zero attached hydrogens (tertiary/aromatic N) is 2. The molecule has 0 aromatic carbocycles. The summed E-state index contributed by atoms with van der Waals surface area (Å²) in [5.74, 6) is 3.09. The molecule has 2 heteroatoms. The van der Waals surface area contributed by atoms with E-state index in [9.17, 15) is 0 Å². The summed E-state index contributed by atoms with van der Waals surface area (Å²) < 4.78 is 0. The lowest BCUT2D eigenvalue weighted by molar-refractivity contribution is 0.270. The van der Waals surface area contributed by atoms with Crippen molar-refractivity contribution in [1.82, 2.24) is 9.80 Å². The van der Waals surface area contributed by atoms with Crippen LogP contribution in [0.2, 0.25) is 0 Å². The van der Waals surface area contributed by atoms with Crippen LogP contribution in [0.5, 0.6) is 0 Å². The van der Waals surface area contributed by atoms with Gasteiger partial charge >= 0.3 is 0 Å². The summed E-state index contributed by atoms with van der Waals surface area (Å²) in [4.78, 5) is 5.23. The summed E-state index contributed by atoms with van der Waals surface area (Å²) in [6.45, 7) is 6.91. The van der Waals surface area contributed by atoms with Crippen LogP contribution >= 0.6 is 0 Å². The molecule has 2 saturated heterocycles. The minimum absolute atomic E-state index is 1.00. The van der Waals surface area contributed by atoms with E-state index in [0.29, 0.717) is 0 Å². The molecule has 2 aliphatic heterocycles. The lowest BCUT2D eigenvalue weighted by Crippen LogP contribution is -2.28. The Balaban J connectivity index is 1.55. The van der Waals surface area contributed by atoms with Crippen molar-refractivity contribution < 1.29 is 0 Å². The molecular weight excluding hydrogens is 160 g/mol. The zero-order valence-corrected chi connectivity index (χ0v) is 8.58. The molecule has 1 aliphatic carbocycles. The van der Waals surface area contributed by atoms with Crippen molar-refractivity contribution in [1.29, 1.82) is 0 Å². The van der Waals surface area contributed by atoms with Gasteiger partial charge in [0.1, 0.15) is 0 Å². The van der Waals surface area contributed by atoms with Gasteiger partial charge in [-0.1, -0.05) is 0 Å². The maximum absolute atomic E-state index is 2.72. The highest BCUT2D eigenvalue weighted by Gasteiger charge is 2.39. The Morgan fingerprint density at radius 2 is 1.62 bits per heavy atom. The van der Waals surface area contributed by atoms with Gasteiger partial charge in [0.05, 0.1) is 0 Å². The largest absolute Gasteiger partial charge is 0.306 e. The van der Waals surface area contributed by atoms with Crippen molar-refractivity contribution in [3.8, 4) is 0 Å². The van der Waals surface area contributed by atoms with Crippen LogP contribution in [0.1, 0.15) is 12.8 Å². The normalized spacial score (nSPS) is 41.3. The van der Waals surface area contributed by atoms with Gasteiger partial charge in [0, 0.05) is 32.7 Å². The SMILES string of the molecule is CN1C[C@@H]2CN(CC3CC3)C[C@@H]2C1. The number of hydrogen-bond acceptors (Lipinski definition) is 2. The first kappa shape index (κ1) is 8.25. The predicted octanol–water partition coefficient (Wildman–Crippen LogP) is 0.890. The summed E-state index contributed by atoms with van der Waals surface area (Å²) in [7, 11) is 2.27. The fourth-order valence-electron chi connectivity index (χ4n) is 3.14. The molecule has 0 radical (unpaired) electrons. The molecule has 3 aliphatic rings. The zero-order valence-electron chi connectivity index (χ0n) is 8.58. The third-order valence-electron chi connectivity index (χ3n) is 3.96. The van der Waals surface area contributed by atoms with Gasteiger partial charge in [0.2, 0.25) is 0 Å². The smallest absolute Gasteiger partial charge is 0.00258 e. The van der Waals surface area contributed by atoms with E-state index in [4.69, 9.17) is 0 Å². The molecule has 0 unspecified atom stereocenters. The fourth-order valence-corrected chi connectivity index (χ4v) is 3.14. The van der Waals surface area contributed by atoms with Gasteiger partial charge in [-0.05, 0) is 37.6 Å². The summed E-state index contributed by atoms with van der Waals surface area (Å²) in [5, 5.41) is 0. The first-order valence-electron chi connectivity index (χ1n) is 5.72. The standard InChI is InChI=1S/C11H20N2/c1-12-5-10-7-13(4-9-2-3-9)8-11(10)6-12/h9-11H,2-8H2,1H3/t10-,11+. The lowest BCUT2D eigenvalue weighted by atomic mass is 10.0. The highest BCUT2D eigenvalue weighted by Crippen LogP contribution is 2.35. The second-order valence-corrected chi connectivity index (χ2v) is 5.40. The Morgan fingerprint density at radius 1 is 1.00 bits per heavy atom. The molecule has 2 nitrogen and oxygen atoms in total. The number of hydrogen-bond donors (Lipinski definition) is 0. The van der Waals surface area contributed by atoms with Crippen LogP contribution in [0.25, 0.3) is 0 Å². The third kappa shape index (κ3) is 1.62. The van der Waals surface area contributed by atoms with Gasteiger partial charge < -0.3 is 9.80 Å². The summed E-state index contributed by atoms with van der Waals surface area (Å²) >= 11 is 0. The molecule has 74 valence electrons. The van der Waals surface area contributed by atoms with Crippen molar-refractivity contribution in [3.05, 3.63) is 0 Å². The van der Waals surface area contributed by atoms with E-state index in [1.54, 1.807) is 0 Å². The molecule has 3 rings (SSSR count). The average molecular weight is 180 g/mol. The molecular formula is C11H20N2. The van der Waals surface area contributed by atoms with E-state index in [-0.39, 0.29) is 0 Å². The Bertz CT molecular complexity index is 186. The van der Waals surface area contributed by atoms with Crippen LogP contribution in [0.3, 0.4) is 0 Å². The number of rotatable bonds is 2. The second-order valence-electron chi connectivity index (χ2n) is 5.40. The second kappa shape index (κ2) is 2.96. The van der Waals surface area contributed by atoms with Crippen molar-refractivity contribution >= 4 is 0 Å².